The summed E-state index contributed by atoms with van der Waals surface area (Å²) in [6.45, 7) is 0.266. The maximum atomic E-state index is 10.8. The van der Waals surface area contributed by atoms with Gasteiger partial charge in [0.2, 0.25) is 5.82 Å². The predicted octanol–water partition coefficient (Wildman–Crippen LogP) is 5.61. The highest BCUT2D eigenvalue weighted by molar-refractivity contribution is 7.13. The minimum absolute atomic E-state index is 0.0804. The molecule has 4 aromatic rings. The SMILES string of the molecule is O=[N+]([O-])c1ccc(OCc2ccc(-c3nc(-c4cccs4)no3)cc2)c(Cl)c1. The van der Waals surface area contributed by atoms with Gasteiger partial charge in [-0.2, -0.15) is 4.98 Å². The highest BCUT2D eigenvalue weighted by atomic mass is 35.5. The first-order valence-electron chi connectivity index (χ1n) is 8.14. The van der Waals surface area contributed by atoms with Crippen molar-refractivity contribution < 1.29 is 14.2 Å². The van der Waals surface area contributed by atoms with Crippen molar-refractivity contribution in [2.24, 2.45) is 0 Å². The summed E-state index contributed by atoms with van der Waals surface area (Å²) in [7, 11) is 0. The molecule has 2 aromatic carbocycles. The summed E-state index contributed by atoms with van der Waals surface area (Å²) in [6.07, 6.45) is 0. The van der Waals surface area contributed by atoms with Gasteiger partial charge in [-0.3, -0.25) is 10.1 Å². The van der Waals surface area contributed by atoms with Crippen LogP contribution in [0.4, 0.5) is 5.69 Å². The van der Waals surface area contributed by atoms with Crippen LogP contribution in [0.3, 0.4) is 0 Å². The van der Waals surface area contributed by atoms with Gasteiger partial charge in [0, 0.05) is 17.7 Å². The topological polar surface area (TPSA) is 91.3 Å². The number of nitro groups is 1. The lowest BCUT2D eigenvalue weighted by Gasteiger charge is -2.08. The monoisotopic (exact) mass is 413 g/mol. The summed E-state index contributed by atoms with van der Waals surface area (Å²) in [5.41, 5.74) is 1.62. The fourth-order valence-electron chi connectivity index (χ4n) is 2.47. The van der Waals surface area contributed by atoms with Crippen LogP contribution in [-0.2, 0) is 6.61 Å². The van der Waals surface area contributed by atoms with E-state index in [2.05, 4.69) is 10.1 Å². The molecule has 0 atom stereocenters. The van der Waals surface area contributed by atoms with Gasteiger partial charge in [0.05, 0.1) is 14.8 Å². The van der Waals surface area contributed by atoms with Crippen LogP contribution in [0.5, 0.6) is 5.75 Å². The Labute approximate surface area is 168 Å². The van der Waals surface area contributed by atoms with Gasteiger partial charge >= 0.3 is 0 Å². The molecule has 0 radical (unpaired) electrons. The Bertz CT molecular complexity index is 1110. The van der Waals surface area contributed by atoms with Crippen LogP contribution in [0.2, 0.25) is 5.02 Å². The number of benzene rings is 2. The third-order valence-corrected chi connectivity index (χ3v) is 5.05. The van der Waals surface area contributed by atoms with Crippen LogP contribution in [0.25, 0.3) is 22.2 Å². The Hall–Kier alpha value is -3.23. The Morgan fingerprint density at radius 1 is 1.18 bits per heavy atom. The highest BCUT2D eigenvalue weighted by Gasteiger charge is 2.12. The van der Waals surface area contributed by atoms with E-state index in [0.717, 1.165) is 16.0 Å². The number of nitrogens with zero attached hydrogens (tertiary/aromatic N) is 3. The van der Waals surface area contributed by atoms with Crippen LogP contribution in [0, 0.1) is 10.1 Å². The molecule has 2 aromatic heterocycles. The van der Waals surface area contributed by atoms with Crippen LogP contribution < -0.4 is 4.74 Å². The van der Waals surface area contributed by atoms with Crippen molar-refractivity contribution in [3.63, 3.8) is 0 Å². The van der Waals surface area contributed by atoms with Crippen LogP contribution in [0.1, 0.15) is 5.56 Å². The maximum Gasteiger partial charge on any atom is 0.271 e. The molecule has 9 heteroatoms. The highest BCUT2D eigenvalue weighted by Crippen LogP contribution is 2.30. The normalized spacial score (nSPS) is 10.8. The second-order valence-corrected chi connectivity index (χ2v) is 7.11. The Balaban J connectivity index is 1.43. The van der Waals surface area contributed by atoms with E-state index in [1.165, 1.54) is 18.2 Å². The lowest BCUT2D eigenvalue weighted by Crippen LogP contribution is -1.96. The maximum absolute atomic E-state index is 10.8. The summed E-state index contributed by atoms with van der Waals surface area (Å²) in [5.74, 6) is 1.38. The van der Waals surface area contributed by atoms with E-state index in [0.29, 0.717) is 17.5 Å². The van der Waals surface area contributed by atoms with E-state index < -0.39 is 4.92 Å². The molecule has 0 N–H and O–H groups in total. The van der Waals surface area contributed by atoms with Gasteiger partial charge in [-0.15, -0.1) is 11.3 Å². The molecule has 0 aliphatic heterocycles. The van der Waals surface area contributed by atoms with Crippen molar-refractivity contribution in [2.45, 2.75) is 6.61 Å². The molecular formula is C19H12ClN3O4S. The zero-order valence-corrected chi connectivity index (χ0v) is 15.8. The average molecular weight is 414 g/mol. The predicted molar refractivity (Wildman–Crippen MR) is 105 cm³/mol. The number of halogens is 1. The van der Waals surface area contributed by atoms with E-state index in [9.17, 15) is 10.1 Å². The molecule has 0 aliphatic rings. The van der Waals surface area contributed by atoms with Crippen molar-refractivity contribution in [2.75, 3.05) is 0 Å². The largest absolute Gasteiger partial charge is 0.487 e. The molecular weight excluding hydrogens is 402 g/mol. The van der Waals surface area contributed by atoms with Gasteiger partial charge in [-0.25, -0.2) is 0 Å². The van der Waals surface area contributed by atoms with E-state index in [-0.39, 0.29) is 17.3 Å². The van der Waals surface area contributed by atoms with Crippen LogP contribution in [0.15, 0.2) is 64.5 Å². The first kappa shape index (κ1) is 18.1. The fraction of sp³-hybridized carbons (Fsp3) is 0.0526. The Morgan fingerprint density at radius 3 is 2.68 bits per heavy atom. The van der Waals surface area contributed by atoms with Gasteiger partial charge in [0.1, 0.15) is 12.4 Å². The third kappa shape index (κ3) is 3.88. The van der Waals surface area contributed by atoms with E-state index >= 15 is 0 Å². The molecule has 4 rings (SSSR count). The summed E-state index contributed by atoms with van der Waals surface area (Å²) >= 11 is 7.58. The van der Waals surface area contributed by atoms with Crippen molar-refractivity contribution >= 4 is 28.6 Å². The molecule has 0 aliphatic carbocycles. The lowest BCUT2D eigenvalue weighted by atomic mass is 10.1. The first-order valence-corrected chi connectivity index (χ1v) is 9.39. The molecule has 0 saturated heterocycles. The quantitative estimate of drug-likeness (QED) is 0.301. The second kappa shape index (κ2) is 7.79. The molecule has 0 amide bonds. The van der Waals surface area contributed by atoms with Crippen molar-refractivity contribution in [1.29, 1.82) is 0 Å². The fourth-order valence-corrected chi connectivity index (χ4v) is 3.35. The summed E-state index contributed by atoms with van der Waals surface area (Å²) in [4.78, 5) is 15.6. The summed E-state index contributed by atoms with van der Waals surface area (Å²) in [5, 5.41) is 16.9. The number of aromatic nitrogens is 2. The number of non-ortho nitro benzene ring substituents is 1. The molecule has 140 valence electrons. The van der Waals surface area contributed by atoms with Gasteiger partial charge in [-0.1, -0.05) is 35.0 Å². The molecule has 2 heterocycles. The number of nitro benzene ring substituents is 1. The lowest BCUT2D eigenvalue weighted by molar-refractivity contribution is -0.384. The van der Waals surface area contributed by atoms with E-state index in [1.807, 2.05) is 41.8 Å². The number of thiophene rings is 1. The van der Waals surface area contributed by atoms with E-state index in [4.69, 9.17) is 20.9 Å². The average Bonchev–Trinajstić information content (AvgIpc) is 3.39. The van der Waals surface area contributed by atoms with Gasteiger partial charge in [-0.05, 0) is 35.2 Å². The second-order valence-electron chi connectivity index (χ2n) is 5.76. The van der Waals surface area contributed by atoms with Crippen molar-refractivity contribution in [1.82, 2.24) is 10.1 Å². The first-order chi connectivity index (χ1) is 13.6. The third-order valence-electron chi connectivity index (χ3n) is 3.89. The van der Waals surface area contributed by atoms with Crippen LogP contribution >= 0.6 is 22.9 Å². The minimum Gasteiger partial charge on any atom is -0.487 e. The molecule has 0 spiro atoms. The molecule has 0 unspecified atom stereocenters. The Kier molecular flexibility index (Phi) is 5.05. The smallest absolute Gasteiger partial charge is 0.271 e. The number of hydrogen-bond donors (Lipinski definition) is 0. The zero-order valence-electron chi connectivity index (χ0n) is 14.2. The van der Waals surface area contributed by atoms with Gasteiger partial charge in [0.25, 0.3) is 11.6 Å². The molecule has 28 heavy (non-hydrogen) atoms. The summed E-state index contributed by atoms with van der Waals surface area (Å²) in [6, 6.07) is 15.5. The number of hydrogen-bond acceptors (Lipinski definition) is 7. The molecule has 0 bridgehead atoms. The number of ether oxygens (including phenoxy) is 1. The molecule has 7 nitrogen and oxygen atoms in total. The van der Waals surface area contributed by atoms with Crippen LogP contribution in [-0.4, -0.2) is 15.1 Å². The van der Waals surface area contributed by atoms with Crippen molar-refractivity contribution in [3.8, 4) is 27.9 Å². The molecule has 0 fully saturated rings. The zero-order chi connectivity index (χ0) is 19.5. The standard InChI is InChI=1S/C19H12ClN3O4S/c20-15-10-14(23(24)25)7-8-16(15)26-11-12-3-5-13(6-4-12)19-21-18(22-27-19)17-2-1-9-28-17/h1-10H,11H2. The van der Waals surface area contributed by atoms with Gasteiger partial charge in [0.15, 0.2) is 0 Å². The summed E-state index contributed by atoms with van der Waals surface area (Å²) < 4.78 is 11.0. The minimum atomic E-state index is -0.504. The van der Waals surface area contributed by atoms with E-state index in [1.54, 1.807) is 11.3 Å². The Morgan fingerprint density at radius 2 is 2.00 bits per heavy atom. The van der Waals surface area contributed by atoms with Crippen molar-refractivity contribution in [3.05, 3.63) is 80.7 Å². The number of rotatable bonds is 6. The molecule has 0 saturated carbocycles. The van der Waals surface area contributed by atoms with Gasteiger partial charge < -0.3 is 9.26 Å².